The molecule has 4 heteroatoms. The zero-order valence-corrected chi connectivity index (χ0v) is 14.9. The second kappa shape index (κ2) is 7.09. The molecule has 0 spiro atoms. The van der Waals surface area contributed by atoms with Gasteiger partial charge >= 0.3 is 0 Å². The Morgan fingerprint density at radius 3 is 2.13 bits per heavy atom. The van der Waals surface area contributed by atoms with Gasteiger partial charge in [0.05, 0.1) is 4.90 Å². The van der Waals surface area contributed by atoms with Crippen molar-refractivity contribution in [3.8, 4) is 0 Å². The third-order valence-electron chi connectivity index (χ3n) is 3.76. The maximum Gasteiger partial charge on any atom is 0.282 e. The minimum atomic E-state index is -3.65. The summed E-state index contributed by atoms with van der Waals surface area (Å²) in [5, 5.41) is 0. The molecule has 0 N–H and O–H groups in total. The van der Waals surface area contributed by atoms with E-state index >= 15 is 0 Å². The van der Waals surface area contributed by atoms with E-state index in [0.29, 0.717) is 17.0 Å². The highest BCUT2D eigenvalue weighted by Crippen LogP contribution is 2.24. The molecule has 0 aliphatic carbocycles. The molecular weight excluding hydrogens is 306 g/mol. The molecule has 0 aliphatic heterocycles. The Hall–Kier alpha value is -1.94. The lowest BCUT2D eigenvalue weighted by molar-refractivity contribution is 0.596. The quantitative estimate of drug-likeness (QED) is 0.764. The van der Waals surface area contributed by atoms with E-state index in [1.54, 1.807) is 6.92 Å². The van der Waals surface area contributed by atoms with Crippen molar-refractivity contribution in [3.63, 3.8) is 0 Å². The highest BCUT2D eigenvalue weighted by Gasteiger charge is 2.19. The number of rotatable bonds is 5. The molecule has 2 aromatic carbocycles. The fourth-order valence-corrected chi connectivity index (χ4v) is 4.36. The summed E-state index contributed by atoms with van der Waals surface area (Å²) in [5.41, 5.74) is 4.38. The molecule has 0 unspecified atom stereocenters. The Labute approximate surface area is 139 Å². The van der Waals surface area contributed by atoms with E-state index in [1.165, 1.54) is 5.56 Å². The van der Waals surface area contributed by atoms with Crippen molar-refractivity contribution in [1.82, 2.24) is 0 Å². The third kappa shape index (κ3) is 4.52. The molecule has 0 atom stereocenters. The van der Waals surface area contributed by atoms with Gasteiger partial charge in [0, 0.05) is 5.71 Å². The van der Waals surface area contributed by atoms with Crippen LogP contribution in [0.15, 0.2) is 51.8 Å². The summed E-state index contributed by atoms with van der Waals surface area (Å²) >= 11 is 0. The molecule has 2 aromatic rings. The zero-order valence-electron chi connectivity index (χ0n) is 14.1. The molecule has 0 fully saturated rings. The minimum absolute atomic E-state index is 0.335. The number of aryl methyl sites for hydroxylation is 4. The van der Waals surface area contributed by atoms with E-state index in [2.05, 4.69) is 4.40 Å². The van der Waals surface area contributed by atoms with Crippen molar-refractivity contribution >= 4 is 15.7 Å². The predicted molar refractivity (Wildman–Crippen MR) is 95.7 cm³/mol. The summed E-state index contributed by atoms with van der Waals surface area (Å²) in [4.78, 5) is 0.335. The topological polar surface area (TPSA) is 46.5 Å². The van der Waals surface area contributed by atoms with Crippen LogP contribution in [-0.4, -0.2) is 14.1 Å². The molecule has 0 heterocycles. The van der Waals surface area contributed by atoms with Crippen LogP contribution >= 0.6 is 0 Å². The molecular formula is C19H23NO2S. The Morgan fingerprint density at radius 2 is 1.57 bits per heavy atom. The van der Waals surface area contributed by atoms with Gasteiger partial charge in [-0.2, -0.15) is 12.8 Å². The summed E-state index contributed by atoms with van der Waals surface area (Å²) in [6, 6.07) is 13.8. The second-order valence-electron chi connectivity index (χ2n) is 6.02. The first kappa shape index (κ1) is 17.4. The van der Waals surface area contributed by atoms with Gasteiger partial charge in [0.25, 0.3) is 10.0 Å². The van der Waals surface area contributed by atoms with Crippen LogP contribution in [0.2, 0.25) is 0 Å². The minimum Gasteiger partial charge on any atom is -0.199 e. The Bertz CT molecular complexity index is 799. The molecule has 122 valence electrons. The van der Waals surface area contributed by atoms with Crippen LogP contribution in [0.5, 0.6) is 0 Å². The SMILES string of the molecule is C/C(CCc1ccccc1)=N\S(=O)(=O)c1c(C)cc(C)cc1C. The van der Waals surface area contributed by atoms with Gasteiger partial charge in [-0.1, -0.05) is 48.0 Å². The van der Waals surface area contributed by atoms with E-state index in [-0.39, 0.29) is 0 Å². The normalized spacial score (nSPS) is 12.4. The molecule has 23 heavy (non-hydrogen) atoms. The second-order valence-corrected chi connectivity index (χ2v) is 7.56. The van der Waals surface area contributed by atoms with Gasteiger partial charge in [0.2, 0.25) is 0 Å². The first-order chi connectivity index (χ1) is 10.8. The van der Waals surface area contributed by atoms with Crippen molar-refractivity contribution in [2.24, 2.45) is 4.40 Å². The van der Waals surface area contributed by atoms with Gasteiger partial charge in [-0.05, 0) is 57.2 Å². The maximum absolute atomic E-state index is 12.6. The monoisotopic (exact) mass is 329 g/mol. The van der Waals surface area contributed by atoms with Crippen LogP contribution in [0.1, 0.15) is 35.6 Å². The molecule has 0 aromatic heterocycles. The van der Waals surface area contributed by atoms with Crippen LogP contribution in [0, 0.1) is 20.8 Å². The van der Waals surface area contributed by atoms with Crippen LogP contribution < -0.4 is 0 Å². The molecule has 0 radical (unpaired) electrons. The van der Waals surface area contributed by atoms with Crippen molar-refractivity contribution in [3.05, 3.63) is 64.7 Å². The number of hydrogen-bond acceptors (Lipinski definition) is 2. The van der Waals surface area contributed by atoms with Crippen LogP contribution in [0.25, 0.3) is 0 Å². The molecule has 0 amide bonds. The lowest BCUT2D eigenvalue weighted by atomic mass is 10.1. The summed E-state index contributed by atoms with van der Waals surface area (Å²) in [6.07, 6.45) is 1.42. The molecule has 0 bridgehead atoms. The predicted octanol–water partition coefficient (Wildman–Crippen LogP) is 4.39. The number of sulfonamides is 1. The fraction of sp³-hybridized carbons (Fsp3) is 0.316. The highest BCUT2D eigenvalue weighted by molar-refractivity contribution is 7.90. The Balaban J connectivity index is 2.23. The lowest BCUT2D eigenvalue weighted by Crippen LogP contribution is -2.07. The van der Waals surface area contributed by atoms with Gasteiger partial charge in [-0.25, -0.2) is 0 Å². The molecule has 2 rings (SSSR count). The molecule has 3 nitrogen and oxygen atoms in total. The van der Waals surface area contributed by atoms with Crippen molar-refractivity contribution in [1.29, 1.82) is 0 Å². The number of hydrogen-bond donors (Lipinski definition) is 0. The van der Waals surface area contributed by atoms with Crippen LogP contribution in [0.4, 0.5) is 0 Å². The number of nitrogens with zero attached hydrogens (tertiary/aromatic N) is 1. The third-order valence-corrected chi connectivity index (χ3v) is 5.47. The van der Waals surface area contributed by atoms with Crippen molar-refractivity contribution in [2.45, 2.75) is 45.4 Å². The largest absolute Gasteiger partial charge is 0.282 e. The molecule has 0 aliphatic rings. The Morgan fingerprint density at radius 1 is 1.00 bits per heavy atom. The first-order valence-electron chi connectivity index (χ1n) is 7.72. The van der Waals surface area contributed by atoms with E-state index < -0.39 is 10.0 Å². The van der Waals surface area contributed by atoms with Crippen LogP contribution in [0.3, 0.4) is 0 Å². The fourth-order valence-electron chi connectivity index (χ4n) is 2.84. The van der Waals surface area contributed by atoms with Gasteiger partial charge in [-0.3, -0.25) is 0 Å². The van der Waals surface area contributed by atoms with Gasteiger partial charge in [0.15, 0.2) is 0 Å². The van der Waals surface area contributed by atoms with Crippen molar-refractivity contribution < 1.29 is 8.42 Å². The first-order valence-corrected chi connectivity index (χ1v) is 9.16. The summed E-state index contributed by atoms with van der Waals surface area (Å²) in [7, 11) is -3.65. The smallest absolute Gasteiger partial charge is 0.199 e. The number of benzene rings is 2. The summed E-state index contributed by atoms with van der Waals surface area (Å²) in [5.74, 6) is 0. The lowest BCUT2D eigenvalue weighted by Gasteiger charge is -2.10. The van der Waals surface area contributed by atoms with E-state index in [9.17, 15) is 8.42 Å². The molecule has 0 saturated heterocycles. The average Bonchev–Trinajstić information content (AvgIpc) is 2.44. The maximum atomic E-state index is 12.6. The summed E-state index contributed by atoms with van der Waals surface area (Å²) in [6.45, 7) is 7.38. The van der Waals surface area contributed by atoms with Gasteiger partial charge in [-0.15, -0.1) is 0 Å². The zero-order chi connectivity index (χ0) is 17.0. The Kier molecular flexibility index (Phi) is 5.37. The van der Waals surface area contributed by atoms with E-state index in [0.717, 1.165) is 23.1 Å². The average molecular weight is 329 g/mol. The van der Waals surface area contributed by atoms with E-state index in [4.69, 9.17) is 0 Å². The summed E-state index contributed by atoms with van der Waals surface area (Å²) < 4.78 is 29.3. The van der Waals surface area contributed by atoms with Crippen molar-refractivity contribution in [2.75, 3.05) is 0 Å². The molecule has 0 saturated carbocycles. The van der Waals surface area contributed by atoms with Gasteiger partial charge < -0.3 is 0 Å². The van der Waals surface area contributed by atoms with Crippen LogP contribution in [-0.2, 0) is 16.4 Å². The highest BCUT2D eigenvalue weighted by atomic mass is 32.2. The van der Waals surface area contributed by atoms with Gasteiger partial charge in [0.1, 0.15) is 0 Å². The van der Waals surface area contributed by atoms with E-state index in [1.807, 2.05) is 63.2 Å². The standard InChI is InChI=1S/C19H23NO2S/c1-14-12-15(2)19(16(3)13-14)23(21,22)20-17(4)10-11-18-8-6-5-7-9-18/h5-9,12-13H,10-11H2,1-4H3/b20-17+.